The largest absolute Gasteiger partial charge is 0.292 e. The Morgan fingerprint density at radius 3 is 2.33 bits per heavy atom. The van der Waals surface area contributed by atoms with Gasteiger partial charge < -0.3 is 0 Å². The number of hydrogen-bond acceptors (Lipinski definition) is 3. The van der Waals surface area contributed by atoms with Gasteiger partial charge in [-0.1, -0.05) is 61.3 Å². The summed E-state index contributed by atoms with van der Waals surface area (Å²) in [5, 5.41) is 2.03. The van der Waals surface area contributed by atoms with Crippen molar-refractivity contribution in [1.82, 2.24) is 9.55 Å². The molecule has 0 saturated heterocycles. The number of fused-ring (bicyclic) bond motifs is 1. The highest BCUT2D eigenvalue weighted by Gasteiger charge is 2.20. The zero-order valence-corrected chi connectivity index (χ0v) is 20.6. The molecule has 6 heteroatoms. The topological polar surface area (TPSA) is 47.2 Å². The summed E-state index contributed by atoms with van der Waals surface area (Å²) in [4.78, 5) is 22.5. The number of aryl methyl sites for hydroxylation is 1. The number of aliphatic imine (C=N–C) groups is 1. The lowest BCUT2D eigenvalue weighted by molar-refractivity contribution is 0.520. The summed E-state index contributed by atoms with van der Waals surface area (Å²) in [5.41, 5.74) is 5.96. The van der Waals surface area contributed by atoms with E-state index in [1.807, 2.05) is 55.5 Å². The number of benzene rings is 2. The van der Waals surface area contributed by atoms with Crippen LogP contribution in [0.5, 0.6) is 0 Å². The van der Waals surface area contributed by atoms with Crippen molar-refractivity contribution in [3.63, 3.8) is 0 Å². The van der Waals surface area contributed by atoms with Crippen molar-refractivity contribution in [3.05, 3.63) is 80.1 Å². The van der Waals surface area contributed by atoms with Crippen molar-refractivity contribution in [3.8, 4) is 22.4 Å². The van der Waals surface area contributed by atoms with Crippen molar-refractivity contribution < 1.29 is 0 Å². The van der Waals surface area contributed by atoms with E-state index in [2.05, 4.69) is 25.6 Å². The Hall–Kier alpha value is -2.95. The second-order valence-corrected chi connectivity index (χ2v) is 9.53. The second kappa shape index (κ2) is 9.12. The lowest BCUT2D eigenvalue weighted by atomic mass is 9.96. The molecule has 0 unspecified atom stereocenters. The minimum atomic E-state index is -0.105. The molecule has 4 rings (SSSR count). The molecule has 0 spiro atoms. The van der Waals surface area contributed by atoms with Gasteiger partial charge in [0, 0.05) is 33.6 Å². The maximum Gasteiger partial charge on any atom is 0.257 e. The van der Waals surface area contributed by atoms with Crippen molar-refractivity contribution in [2.45, 2.75) is 34.2 Å². The van der Waals surface area contributed by atoms with E-state index in [0.717, 1.165) is 27.6 Å². The predicted octanol–water partition coefficient (Wildman–Crippen LogP) is 7.64. The van der Waals surface area contributed by atoms with Gasteiger partial charge in [-0.25, -0.2) is 4.98 Å². The van der Waals surface area contributed by atoms with Gasteiger partial charge in [0.15, 0.2) is 0 Å². The maximum atomic E-state index is 13.2. The highest BCUT2D eigenvalue weighted by molar-refractivity contribution is 6.33. The van der Waals surface area contributed by atoms with Crippen LogP contribution in [-0.2, 0) is 6.54 Å². The van der Waals surface area contributed by atoms with Crippen LogP contribution in [0.15, 0.2) is 58.3 Å². The van der Waals surface area contributed by atoms with Gasteiger partial charge >= 0.3 is 0 Å². The minimum absolute atomic E-state index is 0.105. The summed E-state index contributed by atoms with van der Waals surface area (Å²) >= 11 is 12.8. The fourth-order valence-corrected chi connectivity index (χ4v) is 4.54. The van der Waals surface area contributed by atoms with Gasteiger partial charge in [0.25, 0.3) is 5.56 Å². The van der Waals surface area contributed by atoms with E-state index in [-0.39, 0.29) is 11.5 Å². The molecule has 0 saturated carbocycles. The lowest BCUT2D eigenvalue weighted by Crippen LogP contribution is -2.25. The average Bonchev–Trinajstić information content (AvgIpc) is 2.77. The molecular weight excluding hydrogens is 453 g/mol. The molecule has 0 aliphatic carbocycles. The highest BCUT2D eigenvalue weighted by Crippen LogP contribution is 2.39. The van der Waals surface area contributed by atoms with Crippen molar-refractivity contribution in [2.75, 3.05) is 0 Å². The quantitative estimate of drug-likeness (QED) is 0.277. The SMILES string of the molecule is C=Nc1c(C)c(=O)n(CC(C)C)c2nc(-c3ccc(C)cc3Cl)c(-c3ccc(Cl)cc3)cc12. The molecule has 168 valence electrons. The van der Waals surface area contributed by atoms with E-state index in [9.17, 15) is 4.79 Å². The normalized spacial score (nSPS) is 11.4. The first-order valence-corrected chi connectivity index (χ1v) is 11.5. The molecule has 2 aromatic heterocycles. The third kappa shape index (κ3) is 4.33. The molecule has 4 aromatic rings. The zero-order chi connectivity index (χ0) is 23.9. The van der Waals surface area contributed by atoms with Gasteiger partial charge in [-0.05, 0) is 61.9 Å². The Labute approximate surface area is 203 Å². The molecule has 4 nitrogen and oxygen atoms in total. The van der Waals surface area contributed by atoms with E-state index in [0.29, 0.717) is 39.2 Å². The number of pyridine rings is 2. The predicted molar refractivity (Wildman–Crippen MR) is 140 cm³/mol. The first-order chi connectivity index (χ1) is 15.7. The van der Waals surface area contributed by atoms with Crippen LogP contribution in [0, 0.1) is 19.8 Å². The van der Waals surface area contributed by atoms with Crippen LogP contribution < -0.4 is 5.56 Å². The number of rotatable bonds is 5. The summed E-state index contributed by atoms with van der Waals surface area (Å²) in [6.07, 6.45) is 0. The summed E-state index contributed by atoms with van der Waals surface area (Å²) in [6.45, 7) is 12.2. The molecule has 0 radical (unpaired) electrons. The molecular formula is C27H25Cl2N3O. The Morgan fingerprint density at radius 2 is 1.73 bits per heavy atom. The molecule has 0 aliphatic rings. The van der Waals surface area contributed by atoms with Gasteiger partial charge in [-0.2, -0.15) is 0 Å². The van der Waals surface area contributed by atoms with Gasteiger partial charge in [0.2, 0.25) is 0 Å². The lowest BCUT2D eigenvalue weighted by Gasteiger charge is -2.19. The van der Waals surface area contributed by atoms with Crippen LogP contribution >= 0.6 is 23.2 Å². The van der Waals surface area contributed by atoms with Crippen LogP contribution in [-0.4, -0.2) is 16.3 Å². The molecule has 0 N–H and O–H groups in total. The number of halogens is 2. The van der Waals surface area contributed by atoms with Gasteiger partial charge in [-0.15, -0.1) is 0 Å². The summed E-state index contributed by atoms with van der Waals surface area (Å²) in [6, 6.07) is 15.5. The monoisotopic (exact) mass is 477 g/mol. The fourth-order valence-electron chi connectivity index (χ4n) is 4.09. The molecule has 2 heterocycles. The standard InChI is InChI=1S/C27H25Cl2N3O/c1-15(2)14-32-26-22(24(30-5)17(4)27(32)33)13-21(18-7-9-19(28)10-8-18)25(31-26)20-11-6-16(3)12-23(20)29/h6-13,15H,5,14H2,1-4H3. The van der Waals surface area contributed by atoms with E-state index >= 15 is 0 Å². The third-order valence-electron chi connectivity index (χ3n) is 5.68. The van der Waals surface area contributed by atoms with Gasteiger partial charge in [0.1, 0.15) is 5.65 Å². The average molecular weight is 478 g/mol. The van der Waals surface area contributed by atoms with Crippen molar-refractivity contribution >= 4 is 46.6 Å². The number of nitrogens with zero attached hydrogens (tertiary/aromatic N) is 3. The van der Waals surface area contributed by atoms with Crippen LogP contribution in [0.25, 0.3) is 33.4 Å². The first-order valence-electron chi connectivity index (χ1n) is 10.8. The molecule has 0 atom stereocenters. The van der Waals surface area contributed by atoms with Crippen molar-refractivity contribution in [1.29, 1.82) is 0 Å². The maximum absolute atomic E-state index is 13.2. The zero-order valence-electron chi connectivity index (χ0n) is 19.1. The van der Waals surface area contributed by atoms with Crippen LogP contribution in [0.4, 0.5) is 5.69 Å². The van der Waals surface area contributed by atoms with Gasteiger partial charge in [0.05, 0.1) is 16.4 Å². The van der Waals surface area contributed by atoms with Crippen LogP contribution in [0.3, 0.4) is 0 Å². The number of aromatic nitrogens is 2. The molecule has 0 amide bonds. The molecule has 0 aliphatic heterocycles. The van der Waals surface area contributed by atoms with Gasteiger partial charge in [-0.3, -0.25) is 14.4 Å². The molecule has 33 heavy (non-hydrogen) atoms. The summed E-state index contributed by atoms with van der Waals surface area (Å²) in [5.74, 6) is 0.261. The van der Waals surface area contributed by atoms with Crippen LogP contribution in [0.2, 0.25) is 10.0 Å². The first kappa shape index (κ1) is 23.2. The molecule has 2 aromatic carbocycles. The Balaban J connectivity index is 2.18. The molecule has 0 fully saturated rings. The Bertz CT molecular complexity index is 1440. The van der Waals surface area contributed by atoms with Crippen molar-refractivity contribution in [2.24, 2.45) is 10.9 Å². The van der Waals surface area contributed by atoms with E-state index < -0.39 is 0 Å². The second-order valence-electron chi connectivity index (χ2n) is 8.69. The third-order valence-corrected chi connectivity index (χ3v) is 6.24. The van der Waals surface area contributed by atoms with E-state index in [1.165, 1.54) is 0 Å². The summed E-state index contributed by atoms with van der Waals surface area (Å²) in [7, 11) is 0. The Morgan fingerprint density at radius 1 is 1.03 bits per heavy atom. The van der Waals surface area contributed by atoms with E-state index in [1.54, 1.807) is 11.5 Å². The van der Waals surface area contributed by atoms with E-state index in [4.69, 9.17) is 28.2 Å². The fraction of sp³-hybridized carbons (Fsp3) is 0.222. The summed E-state index contributed by atoms with van der Waals surface area (Å²) < 4.78 is 1.74. The van der Waals surface area contributed by atoms with Crippen LogP contribution in [0.1, 0.15) is 25.0 Å². The minimum Gasteiger partial charge on any atom is -0.292 e. The smallest absolute Gasteiger partial charge is 0.257 e. The number of hydrogen-bond donors (Lipinski definition) is 0. The Kier molecular flexibility index (Phi) is 6.42. The molecule has 0 bridgehead atoms. The highest BCUT2D eigenvalue weighted by atomic mass is 35.5.